The van der Waals surface area contributed by atoms with Crippen LogP contribution >= 0.6 is 22.9 Å². The summed E-state index contributed by atoms with van der Waals surface area (Å²) >= 11 is 7.66. The van der Waals surface area contributed by atoms with Crippen molar-refractivity contribution in [2.75, 3.05) is 5.32 Å². The Kier molecular flexibility index (Phi) is 5.35. The summed E-state index contributed by atoms with van der Waals surface area (Å²) in [5, 5.41) is 7.42. The fraction of sp³-hybridized carbons (Fsp3) is 0.316. The quantitative estimate of drug-likeness (QED) is 0.662. The van der Waals surface area contributed by atoms with Crippen molar-refractivity contribution in [2.45, 2.75) is 40.2 Å². The minimum absolute atomic E-state index is 0.0858. The maximum atomic E-state index is 5.99. The Balaban J connectivity index is 1.90. The Bertz CT molecular complexity index is 874. The van der Waals surface area contributed by atoms with Crippen molar-refractivity contribution in [2.24, 2.45) is 0 Å². The molecule has 3 aromatic rings. The third kappa shape index (κ3) is 4.35. The Morgan fingerprint density at radius 3 is 2.44 bits per heavy atom. The molecule has 1 atom stereocenters. The first-order valence-electron chi connectivity index (χ1n) is 8.19. The van der Waals surface area contributed by atoms with Crippen LogP contribution in [0, 0.1) is 20.8 Å². The molecule has 1 N–H and O–H groups in total. The number of nitrogens with one attached hydrogen (secondary N) is 1. The van der Waals surface area contributed by atoms with Gasteiger partial charge in [0.2, 0.25) is 0 Å². The van der Waals surface area contributed by atoms with Crippen LogP contribution in [0.5, 0.6) is 0 Å². The van der Waals surface area contributed by atoms with E-state index in [0.29, 0.717) is 0 Å². The largest absolute Gasteiger partial charge is 0.362 e. The first kappa shape index (κ1) is 17.8. The van der Waals surface area contributed by atoms with Crippen LogP contribution in [0.25, 0.3) is 0 Å². The highest BCUT2D eigenvalue weighted by Crippen LogP contribution is 2.26. The van der Waals surface area contributed by atoms with Gasteiger partial charge >= 0.3 is 0 Å². The molecule has 25 heavy (non-hydrogen) atoms. The highest BCUT2D eigenvalue weighted by molar-refractivity contribution is 7.09. The fourth-order valence-electron chi connectivity index (χ4n) is 2.73. The standard InChI is InChI=1S/C19H21ClN4S/c1-11-17(9-15-5-7-16(20)8-6-15)19(23-13(3)21-11)22-12(2)18-10-25-14(4)24-18/h5-8,10,12H,9H2,1-4H3,(H,21,22,23). The van der Waals surface area contributed by atoms with Crippen molar-refractivity contribution in [3.8, 4) is 0 Å². The van der Waals surface area contributed by atoms with E-state index < -0.39 is 0 Å². The van der Waals surface area contributed by atoms with Crippen molar-refractivity contribution in [1.82, 2.24) is 15.0 Å². The van der Waals surface area contributed by atoms with Crippen molar-refractivity contribution in [3.63, 3.8) is 0 Å². The number of hydrogen-bond acceptors (Lipinski definition) is 5. The normalized spacial score (nSPS) is 12.2. The lowest BCUT2D eigenvalue weighted by molar-refractivity contribution is 0.823. The zero-order valence-electron chi connectivity index (χ0n) is 14.8. The molecule has 130 valence electrons. The van der Waals surface area contributed by atoms with Crippen LogP contribution in [-0.2, 0) is 6.42 Å². The molecule has 0 spiro atoms. The molecule has 0 saturated heterocycles. The molecule has 0 saturated carbocycles. The maximum Gasteiger partial charge on any atom is 0.134 e. The number of anilines is 1. The van der Waals surface area contributed by atoms with Gasteiger partial charge in [0.15, 0.2) is 0 Å². The molecule has 1 aromatic carbocycles. The zero-order chi connectivity index (χ0) is 18.0. The lowest BCUT2D eigenvalue weighted by atomic mass is 10.0. The molecular weight excluding hydrogens is 352 g/mol. The topological polar surface area (TPSA) is 50.7 Å². The molecule has 0 aliphatic heterocycles. The van der Waals surface area contributed by atoms with E-state index >= 15 is 0 Å². The van der Waals surface area contributed by atoms with Gasteiger partial charge in [-0.15, -0.1) is 11.3 Å². The van der Waals surface area contributed by atoms with Crippen LogP contribution in [-0.4, -0.2) is 15.0 Å². The van der Waals surface area contributed by atoms with Crippen molar-refractivity contribution in [1.29, 1.82) is 0 Å². The summed E-state index contributed by atoms with van der Waals surface area (Å²) in [6.45, 7) is 8.07. The summed E-state index contributed by atoms with van der Waals surface area (Å²) in [5.74, 6) is 1.64. The number of thiazole rings is 1. The second kappa shape index (κ2) is 7.50. The van der Waals surface area contributed by atoms with Crippen LogP contribution in [0.3, 0.4) is 0 Å². The molecule has 0 amide bonds. The molecule has 0 fully saturated rings. The average Bonchev–Trinajstić information content (AvgIpc) is 2.99. The van der Waals surface area contributed by atoms with Gasteiger partial charge in [-0.3, -0.25) is 0 Å². The van der Waals surface area contributed by atoms with Crippen molar-refractivity contribution in [3.05, 3.63) is 68.0 Å². The molecule has 0 aliphatic carbocycles. The van der Waals surface area contributed by atoms with Crippen molar-refractivity contribution >= 4 is 28.8 Å². The highest BCUT2D eigenvalue weighted by atomic mass is 35.5. The Hall–Kier alpha value is -1.98. The van der Waals surface area contributed by atoms with E-state index in [0.717, 1.165) is 45.0 Å². The predicted molar refractivity (Wildman–Crippen MR) is 105 cm³/mol. The van der Waals surface area contributed by atoms with Gasteiger partial charge in [-0.05, 0) is 45.4 Å². The minimum atomic E-state index is 0.0858. The monoisotopic (exact) mass is 372 g/mol. The Labute approximate surface area is 157 Å². The van der Waals surface area contributed by atoms with Gasteiger partial charge in [0, 0.05) is 28.1 Å². The maximum absolute atomic E-state index is 5.99. The Morgan fingerprint density at radius 1 is 1.08 bits per heavy atom. The third-order valence-corrected chi connectivity index (χ3v) is 5.10. The van der Waals surface area contributed by atoms with Gasteiger partial charge in [-0.25, -0.2) is 15.0 Å². The van der Waals surface area contributed by atoms with E-state index in [1.807, 2.05) is 45.0 Å². The zero-order valence-corrected chi connectivity index (χ0v) is 16.4. The molecule has 0 bridgehead atoms. The first-order valence-corrected chi connectivity index (χ1v) is 9.45. The van der Waals surface area contributed by atoms with E-state index in [4.69, 9.17) is 11.6 Å². The second-order valence-corrected chi connectivity index (χ2v) is 7.64. The van der Waals surface area contributed by atoms with Crippen LogP contribution < -0.4 is 5.32 Å². The molecular formula is C19H21ClN4S. The summed E-state index contributed by atoms with van der Waals surface area (Å²) in [4.78, 5) is 13.8. The van der Waals surface area contributed by atoms with Gasteiger partial charge in [0.1, 0.15) is 11.6 Å². The first-order chi connectivity index (χ1) is 11.9. The molecule has 2 aromatic heterocycles. The number of hydrogen-bond donors (Lipinski definition) is 1. The van der Waals surface area contributed by atoms with E-state index in [1.54, 1.807) is 11.3 Å². The van der Waals surface area contributed by atoms with E-state index in [-0.39, 0.29) is 6.04 Å². The molecule has 3 rings (SSSR count). The number of rotatable bonds is 5. The highest BCUT2D eigenvalue weighted by Gasteiger charge is 2.15. The van der Waals surface area contributed by atoms with Gasteiger partial charge in [0.25, 0.3) is 0 Å². The number of benzene rings is 1. The summed E-state index contributed by atoms with van der Waals surface area (Å²) in [7, 11) is 0. The van der Waals surface area contributed by atoms with Crippen LogP contribution in [0.15, 0.2) is 29.6 Å². The predicted octanol–water partition coefficient (Wildman–Crippen LogP) is 5.28. The summed E-state index contributed by atoms with van der Waals surface area (Å²) < 4.78 is 0. The third-order valence-electron chi connectivity index (χ3n) is 4.05. The van der Waals surface area contributed by atoms with Gasteiger partial charge < -0.3 is 5.32 Å². The SMILES string of the molecule is Cc1nc(C)c(Cc2ccc(Cl)cc2)c(NC(C)c2csc(C)n2)n1. The minimum Gasteiger partial charge on any atom is -0.362 e. The summed E-state index contributed by atoms with van der Waals surface area (Å²) in [6.07, 6.45) is 0.758. The molecule has 0 radical (unpaired) electrons. The van der Waals surface area contributed by atoms with Crippen molar-refractivity contribution < 1.29 is 0 Å². The number of nitrogens with zero attached hydrogens (tertiary/aromatic N) is 3. The van der Waals surface area contributed by atoms with E-state index in [2.05, 4.69) is 32.6 Å². The molecule has 2 heterocycles. The van der Waals surface area contributed by atoms with Crippen LogP contribution in [0.1, 0.15) is 46.3 Å². The van der Waals surface area contributed by atoms with Crippen LogP contribution in [0.2, 0.25) is 5.02 Å². The van der Waals surface area contributed by atoms with Gasteiger partial charge in [0.05, 0.1) is 16.7 Å². The second-order valence-electron chi connectivity index (χ2n) is 6.14. The lowest BCUT2D eigenvalue weighted by Crippen LogP contribution is -2.13. The fourth-order valence-corrected chi connectivity index (χ4v) is 3.56. The number of aromatic nitrogens is 3. The van der Waals surface area contributed by atoms with E-state index in [9.17, 15) is 0 Å². The molecule has 0 aliphatic rings. The molecule has 1 unspecified atom stereocenters. The summed E-state index contributed by atoms with van der Waals surface area (Å²) in [6, 6.07) is 7.99. The number of aryl methyl sites for hydroxylation is 3. The average molecular weight is 373 g/mol. The van der Waals surface area contributed by atoms with Gasteiger partial charge in [-0.2, -0.15) is 0 Å². The molecule has 6 heteroatoms. The van der Waals surface area contributed by atoms with Crippen LogP contribution in [0.4, 0.5) is 5.82 Å². The lowest BCUT2D eigenvalue weighted by Gasteiger charge is -2.18. The molecule has 4 nitrogen and oxygen atoms in total. The number of halogens is 1. The Morgan fingerprint density at radius 2 is 1.80 bits per heavy atom. The van der Waals surface area contributed by atoms with E-state index in [1.165, 1.54) is 5.56 Å². The smallest absolute Gasteiger partial charge is 0.134 e. The summed E-state index contributed by atoms with van der Waals surface area (Å²) in [5.41, 5.74) is 4.31. The van der Waals surface area contributed by atoms with Gasteiger partial charge in [-0.1, -0.05) is 23.7 Å².